The van der Waals surface area contributed by atoms with E-state index in [4.69, 9.17) is 9.73 Å². The predicted molar refractivity (Wildman–Crippen MR) is 99.0 cm³/mol. The first kappa shape index (κ1) is 18.1. The third-order valence-corrected chi connectivity index (χ3v) is 3.44. The summed E-state index contributed by atoms with van der Waals surface area (Å²) in [6.07, 6.45) is 2.14. The Bertz CT molecular complexity index is 451. The second-order valence-corrected chi connectivity index (χ2v) is 5.02. The number of para-hydroxylation sites is 1. The Labute approximate surface area is 144 Å². The molecule has 5 heteroatoms. The van der Waals surface area contributed by atoms with E-state index in [1.807, 2.05) is 12.1 Å². The van der Waals surface area contributed by atoms with Crippen molar-refractivity contribution in [2.24, 2.45) is 4.99 Å². The number of aliphatic imine (C=N–C) groups is 1. The first-order valence-corrected chi connectivity index (χ1v) is 7.59. The highest BCUT2D eigenvalue weighted by Crippen LogP contribution is 2.33. The Morgan fingerprint density at radius 2 is 2.10 bits per heavy atom. The van der Waals surface area contributed by atoms with Gasteiger partial charge in [-0.2, -0.15) is 0 Å². The zero-order valence-electron chi connectivity index (χ0n) is 12.9. The molecule has 0 bridgehead atoms. The van der Waals surface area contributed by atoms with E-state index in [-0.39, 0.29) is 24.0 Å². The molecule has 0 radical (unpaired) electrons. The minimum atomic E-state index is 0. The highest BCUT2D eigenvalue weighted by molar-refractivity contribution is 14.0. The van der Waals surface area contributed by atoms with Crippen LogP contribution in [-0.2, 0) is 0 Å². The van der Waals surface area contributed by atoms with Crippen molar-refractivity contribution in [3.05, 3.63) is 29.8 Å². The number of hydrogen-bond acceptors (Lipinski definition) is 2. The molecule has 1 atom stereocenters. The maximum atomic E-state index is 5.69. The molecule has 2 N–H and O–H groups in total. The van der Waals surface area contributed by atoms with Crippen molar-refractivity contribution in [1.82, 2.24) is 10.6 Å². The van der Waals surface area contributed by atoms with Crippen molar-refractivity contribution in [2.45, 2.75) is 32.6 Å². The summed E-state index contributed by atoms with van der Waals surface area (Å²) in [5.41, 5.74) is 1.29. The van der Waals surface area contributed by atoms with Gasteiger partial charge >= 0.3 is 0 Å². The molecule has 21 heavy (non-hydrogen) atoms. The summed E-state index contributed by atoms with van der Waals surface area (Å²) in [5.74, 6) is 2.39. The minimum Gasteiger partial charge on any atom is -0.493 e. The van der Waals surface area contributed by atoms with Crippen molar-refractivity contribution in [3.63, 3.8) is 0 Å². The van der Waals surface area contributed by atoms with Crippen LogP contribution in [0.25, 0.3) is 0 Å². The van der Waals surface area contributed by atoms with E-state index in [9.17, 15) is 0 Å². The summed E-state index contributed by atoms with van der Waals surface area (Å²) in [6, 6.07) is 8.30. The Morgan fingerprint density at radius 1 is 1.29 bits per heavy atom. The maximum absolute atomic E-state index is 5.69. The van der Waals surface area contributed by atoms with Gasteiger partial charge in [0.2, 0.25) is 0 Å². The van der Waals surface area contributed by atoms with Crippen molar-refractivity contribution < 1.29 is 4.74 Å². The molecule has 2 rings (SSSR count). The van der Waals surface area contributed by atoms with E-state index in [0.717, 1.165) is 50.8 Å². The highest BCUT2D eigenvalue weighted by Gasteiger charge is 2.20. The fourth-order valence-corrected chi connectivity index (χ4v) is 2.39. The third-order valence-electron chi connectivity index (χ3n) is 3.44. The zero-order valence-corrected chi connectivity index (χ0v) is 15.2. The molecule has 0 spiro atoms. The molecule has 118 valence electrons. The number of nitrogens with zero attached hydrogens (tertiary/aromatic N) is 1. The van der Waals surface area contributed by atoms with E-state index in [1.54, 1.807) is 0 Å². The first-order valence-electron chi connectivity index (χ1n) is 7.59. The molecule has 0 aliphatic carbocycles. The Hall–Kier alpha value is -0.980. The van der Waals surface area contributed by atoms with Crippen molar-refractivity contribution in [2.75, 3.05) is 26.2 Å². The lowest BCUT2D eigenvalue weighted by Crippen LogP contribution is -2.38. The SMILES string of the molecule is CCCNC(=NCC1CCOc2ccccc21)NCC.I. The van der Waals surface area contributed by atoms with Gasteiger partial charge in [-0.3, -0.25) is 4.99 Å². The number of fused-ring (bicyclic) bond motifs is 1. The number of guanidine groups is 1. The molecule has 4 nitrogen and oxygen atoms in total. The number of ether oxygens (including phenoxy) is 1. The molecule has 1 unspecified atom stereocenters. The highest BCUT2D eigenvalue weighted by atomic mass is 127. The van der Waals surface area contributed by atoms with Crippen molar-refractivity contribution in [1.29, 1.82) is 0 Å². The van der Waals surface area contributed by atoms with Crippen LogP contribution in [0.15, 0.2) is 29.3 Å². The lowest BCUT2D eigenvalue weighted by atomic mass is 9.93. The topological polar surface area (TPSA) is 45.7 Å². The van der Waals surface area contributed by atoms with Crippen LogP contribution in [0.1, 0.15) is 38.2 Å². The van der Waals surface area contributed by atoms with E-state index in [0.29, 0.717) is 5.92 Å². The molecule has 0 fully saturated rings. The molecule has 1 aliphatic heterocycles. The normalized spacial score (nSPS) is 17.2. The van der Waals surface area contributed by atoms with E-state index in [2.05, 4.69) is 36.6 Å². The second kappa shape index (κ2) is 9.87. The summed E-state index contributed by atoms with van der Waals surface area (Å²) < 4.78 is 5.69. The van der Waals surface area contributed by atoms with Gasteiger partial charge < -0.3 is 15.4 Å². The van der Waals surface area contributed by atoms with Crippen molar-refractivity contribution >= 4 is 29.9 Å². The lowest BCUT2D eigenvalue weighted by Gasteiger charge is -2.25. The van der Waals surface area contributed by atoms with Crippen LogP contribution in [-0.4, -0.2) is 32.2 Å². The average Bonchev–Trinajstić information content (AvgIpc) is 2.50. The number of rotatable bonds is 5. The van der Waals surface area contributed by atoms with Gasteiger partial charge in [-0.25, -0.2) is 0 Å². The van der Waals surface area contributed by atoms with E-state index >= 15 is 0 Å². The molecule has 1 heterocycles. The summed E-state index contributed by atoms with van der Waals surface area (Å²) in [7, 11) is 0. The van der Waals surface area contributed by atoms with Gasteiger partial charge in [-0.1, -0.05) is 25.1 Å². The largest absolute Gasteiger partial charge is 0.493 e. The fourth-order valence-electron chi connectivity index (χ4n) is 2.39. The quantitative estimate of drug-likeness (QED) is 0.451. The monoisotopic (exact) mass is 403 g/mol. The lowest BCUT2D eigenvalue weighted by molar-refractivity contribution is 0.269. The summed E-state index contributed by atoms with van der Waals surface area (Å²) in [6.45, 7) is 7.68. The molecule has 1 aromatic rings. The van der Waals surface area contributed by atoms with Crippen LogP contribution in [0.2, 0.25) is 0 Å². The van der Waals surface area contributed by atoms with Gasteiger partial charge in [0.15, 0.2) is 5.96 Å². The molecule has 0 amide bonds. The average molecular weight is 403 g/mol. The fraction of sp³-hybridized carbons (Fsp3) is 0.562. The molecule has 0 saturated carbocycles. The molecular weight excluding hydrogens is 377 g/mol. The van der Waals surface area contributed by atoms with Crippen LogP contribution >= 0.6 is 24.0 Å². The summed E-state index contributed by atoms with van der Waals surface area (Å²) in [5, 5.41) is 6.63. The first-order chi connectivity index (χ1) is 9.85. The smallest absolute Gasteiger partial charge is 0.191 e. The van der Waals surface area contributed by atoms with Gasteiger partial charge in [0, 0.05) is 25.6 Å². The molecule has 1 aromatic carbocycles. The summed E-state index contributed by atoms with van der Waals surface area (Å²) in [4.78, 5) is 4.71. The van der Waals surface area contributed by atoms with Crippen LogP contribution in [0.3, 0.4) is 0 Å². The van der Waals surface area contributed by atoms with Gasteiger partial charge in [0.1, 0.15) is 5.75 Å². The molecule has 0 saturated heterocycles. The predicted octanol–water partition coefficient (Wildman–Crippen LogP) is 3.14. The van der Waals surface area contributed by atoms with Gasteiger partial charge in [0.25, 0.3) is 0 Å². The number of halogens is 1. The summed E-state index contributed by atoms with van der Waals surface area (Å²) >= 11 is 0. The Morgan fingerprint density at radius 3 is 2.86 bits per heavy atom. The molecule has 1 aliphatic rings. The van der Waals surface area contributed by atoms with Crippen LogP contribution in [0.5, 0.6) is 5.75 Å². The Balaban J connectivity index is 0.00000220. The van der Waals surface area contributed by atoms with E-state index in [1.165, 1.54) is 5.56 Å². The minimum absolute atomic E-state index is 0. The van der Waals surface area contributed by atoms with Crippen molar-refractivity contribution in [3.8, 4) is 5.75 Å². The van der Waals surface area contributed by atoms with E-state index < -0.39 is 0 Å². The molecular formula is C16H26IN3O. The van der Waals surface area contributed by atoms with Gasteiger partial charge in [0.05, 0.1) is 6.61 Å². The number of hydrogen-bond donors (Lipinski definition) is 2. The third kappa shape index (κ3) is 5.37. The van der Waals surface area contributed by atoms with Crippen LogP contribution in [0, 0.1) is 0 Å². The van der Waals surface area contributed by atoms with Crippen LogP contribution in [0.4, 0.5) is 0 Å². The van der Waals surface area contributed by atoms with Crippen LogP contribution < -0.4 is 15.4 Å². The van der Waals surface area contributed by atoms with Gasteiger partial charge in [-0.05, 0) is 31.4 Å². The Kier molecular flexibility index (Phi) is 8.49. The maximum Gasteiger partial charge on any atom is 0.191 e. The number of benzene rings is 1. The number of nitrogens with one attached hydrogen (secondary N) is 2. The van der Waals surface area contributed by atoms with Gasteiger partial charge in [-0.15, -0.1) is 24.0 Å². The second-order valence-electron chi connectivity index (χ2n) is 5.02. The standard InChI is InChI=1S/C16H25N3O.HI/c1-3-10-18-16(17-4-2)19-12-13-9-11-20-15-8-6-5-7-14(13)15;/h5-8,13H,3-4,9-12H2,1-2H3,(H2,17,18,19);1H. The zero-order chi connectivity index (χ0) is 14.2. The molecule has 0 aromatic heterocycles.